The molecule has 0 unspecified atom stereocenters. The average Bonchev–Trinajstić information content (AvgIpc) is 2.81. The zero-order valence-corrected chi connectivity index (χ0v) is 20.1. The first-order valence-corrected chi connectivity index (χ1v) is 11.5. The van der Waals surface area contributed by atoms with Crippen LogP contribution in [0.3, 0.4) is 0 Å². The normalized spacial score (nSPS) is 14.1. The molecule has 3 N–H and O–H groups in total. The third kappa shape index (κ3) is 9.69. The molecule has 0 heterocycles. The summed E-state index contributed by atoms with van der Waals surface area (Å²) in [5.41, 5.74) is 1.27. The van der Waals surface area contributed by atoms with Crippen LogP contribution in [0.1, 0.15) is 31.4 Å². The molecule has 0 fully saturated rings. The van der Waals surface area contributed by atoms with Crippen molar-refractivity contribution >= 4 is 17.8 Å². The van der Waals surface area contributed by atoms with Crippen molar-refractivity contribution in [1.82, 2.24) is 10.6 Å². The number of halogens is 3. The molecule has 0 saturated heterocycles. The molecule has 0 bridgehead atoms. The van der Waals surface area contributed by atoms with E-state index in [0.717, 1.165) is 5.56 Å². The topological polar surface area (TPSA) is 105 Å². The highest BCUT2D eigenvalue weighted by molar-refractivity contribution is 5.86. The van der Waals surface area contributed by atoms with Gasteiger partial charge >= 0.3 is 18.1 Å². The standard InChI is InChI=1S/C26H31F3N2O5/c1-17(2)13-22(25(35)36-16-19-11-7-4-8-12-19)30-15-20(26(27,28)29)23(32)31-21(24(33)34)14-18-9-5-3-6-10-18/h3-12,17,20-22,30H,13-16H2,1-2H3,(H,31,32)(H,33,34)/t20-,21+,22+/m1/s1. The Morgan fingerprint density at radius 2 is 1.47 bits per heavy atom. The molecule has 10 heteroatoms. The van der Waals surface area contributed by atoms with Gasteiger partial charge in [0.05, 0.1) is 0 Å². The van der Waals surface area contributed by atoms with Gasteiger partial charge in [0.1, 0.15) is 24.6 Å². The number of benzene rings is 2. The van der Waals surface area contributed by atoms with Crippen LogP contribution in [0.15, 0.2) is 60.7 Å². The molecule has 7 nitrogen and oxygen atoms in total. The molecular weight excluding hydrogens is 477 g/mol. The van der Waals surface area contributed by atoms with Crippen LogP contribution in [0.2, 0.25) is 0 Å². The van der Waals surface area contributed by atoms with Gasteiger partial charge in [-0.2, -0.15) is 13.2 Å². The van der Waals surface area contributed by atoms with E-state index < -0.39 is 48.6 Å². The average molecular weight is 509 g/mol. The largest absolute Gasteiger partial charge is 0.480 e. The first-order chi connectivity index (χ1) is 17.0. The molecule has 0 aliphatic carbocycles. The van der Waals surface area contributed by atoms with Crippen molar-refractivity contribution in [2.45, 2.75) is 51.6 Å². The number of amides is 1. The number of carbonyl (C=O) groups excluding carboxylic acids is 2. The molecule has 0 aromatic heterocycles. The summed E-state index contributed by atoms with van der Waals surface area (Å²) in [6, 6.07) is 14.4. The lowest BCUT2D eigenvalue weighted by Gasteiger charge is -2.25. The van der Waals surface area contributed by atoms with Crippen molar-refractivity contribution in [3.63, 3.8) is 0 Å². The molecule has 2 rings (SSSR count). The predicted molar refractivity (Wildman–Crippen MR) is 127 cm³/mol. The Labute approximate surface area is 208 Å². The van der Waals surface area contributed by atoms with Gasteiger partial charge in [-0.15, -0.1) is 0 Å². The fourth-order valence-corrected chi connectivity index (χ4v) is 3.50. The predicted octanol–water partition coefficient (Wildman–Crippen LogP) is 3.72. The number of alkyl halides is 3. The molecule has 2 aromatic carbocycles. The van der Waals surface area contributed by atoms with Crippen molar-refractivity contribution in [2.24, 2.45) is 11.8 Å². The molecule has 0 aliphatic heterocycles. The Morgan fingerprint density at radius 3 is 1.97 bits per heavy atom. The van der Waals surface area contributed by atoms with Crippen LogP contribution in [-0.2, 0) is 32.1 Å². The highest BCUT2D eigenvalue weighted by Crippen LogP contribution is 2.26. The van der Waals surface area contributed by atoms with E-state index >= 15 is 0 Å². The number of rotatable bonds is 13. The van der Waals surface area contributed by atoms with Gasteiger partial charge in [-0.25, -0.2) is 4.79 Å². The molecule has 0 aliphatic rings. The summed E-state index contributed by atoms with van der Waals surface area (Å²) in [6.45, 7) is 2.64. The summed E-state index contributed by atoms with van der Waals surface area (Å²) in [4.78, 5) is 36.8. The van der Waals surface area contributed by atoms with Gasteiger partial charge in [-0.1, -0.05) is 74.5 Å². The SMILES string of the molecule is CC(C)C[C@H](NC[C@H](C(=O)N[C@@H](Cc1ccccc1)C(=O)O)C(F)(F)F)C(=O)OCc1ccccc1. The van der Waals surface area contributed by atoms with Crippen molar-refractivity contribution in [1.29, 1.82) is 0 Å². The lowest BCUT2D eigenvalue weighted by molar-refractivity contribution is -0.183. The second-order valence-electron chi connectivity index (χ2n) is 8.87. The summed E-state index contributed by atoms with van der Waals surface area (Å²) in [5, 5.41) is 14.0. The van der Waals surface area contributed by atoms with Crippen LogP contribution in [0.4, 0.5) is 13.2 Å². The van der Waals surface area contributed by atoms with E-state index in [2.05, 4.69) is 5.32 Å². The third-order valence-electron chi connectivity index (χ3n) is 5.39. The number of ether oxygens (including phenoxy) is 1. The van der Waals surface area contributed by atoms with Gasteiger partial charge in [0, 0.05) is 13.0 Å². The maximum absolute atomic E-state index is 13.8. The van der Waals surface area contributed by atoms with Crippen LogP contribution in [0, 0.1) is 11.8 Å². The maximum atomic E-state index is 13.8. The number of aliphatic carboxylic acids is 1. The summed E-state index contributed by atoms with van der Waals surface area (Å²) in [5.74, 6) is -6.29. The molecule has 3 atom stereocenters. The van der Waals surface area contributed by atoms with Gasteiger partial charge in [-0.3, -0.25) is 9.59 Å². The second-order valence-corrected chi connectivity index (χ2v) is 8.87. The minimum Gasteiger partial charge on any atom is -0.480 e. The highest BCUT2D eigenvalue weighted by Gasteiger charge is 2.46. The number of carbonyl (C=O) groups is 3. The number of carboxylic acid groups (broad SMARTS) is 1. The third-order valence-corrected chi connectivity index (χ3v) is 5.39. The minimum atomic E-state index is -4.97. The summed E-state index contributed by atoms with van der Waals surface area (Å²) < 4.78 is 46.6. The van der Waals surface area contributed by atoms with Crippen molar-refractivity contribution in [3.8, 4) is 0 Å². The molecular formula is C26H31F3N2O5. The second kappa shape index (κ2) is 13.6. The molecule has 36 heavy (non-hydrogen) atoms. The van der Waals surface area contributed by atoms with Crippen molar-refractivity contribution in [2.75, 3.05) is 6.54 Å². The number of carboxylic acids is 1. The first-order valence-electron chi connectivity index (χ1n) is 11.5. The quantitative estimate of drug-likeness (QED) is 0.356. The highest BCUT2D eigenvalue weighted by atomic mass is 19.4. The van der Waals surface area contributed by atoms with E-state index in [1.54, 1.807) is 74.5 Å². The van der Waals surface area contributed by atoms with Gasteiger partial charge < -0.3 is 20.5 Å². The fourth-order valence-electron chi connectivity index (χ4n) is 3.50. The maximum Gasteiger partial charge on any atom is 0.401 e. The van der Waals surface area contributed by atoms with Gasteiger partial charge in [0.15, 0.2) is 0 Å². The van der Waals surface area contributed by atoms with Gasteiger partial charge in [0.2, 0.25) is 5.91 Å². The van der Waals surface area contributed by atoms with E-state index in [0.29, 0.717) is 5.56 Å². The van der Waals surface area contributed by atoms with Crippen LogP contribution >= 0.6 is 0 Å². The number of hydrogen-bond acceptors (Lipinski definition) is 5. The van der Waals surface area contributed by atoms with E-state index in [1.165, 1.54) is 0 Å². The van der Waals surface area contributed by atoms with E-state index in [4.69, 9.17) is 4.74 Å². The van der Waals surface area contributed by atoms with E-state index in [1.807, 2.05) is 5.32 Å². The molecule has 0 saturated carbocycles. The van der Waals surface area contributed by atoms with Crippen LogP contribution in [0.5, 0.6) is 0 Å². The molecule has 0 spiro atoms. The van der Waals surface area contributed by atoms with Gasteiger partial charge in [-0.05, 0) is 23.5 Å². The summed E-state index contributed by atoms with van der Waals surface area (Å²) >= 11 is 0. The Balaban J connectivity index is 2.07. The fraction of sp³-hybridized carbons (Fsp3) is 0.423. The zero-order valence-electron chi connectivity index (χ0n) is 20.1. The van der Waals surface area contributed by atoms with Crippen molar-refractivity contribution < 1.29 is 37.4 Å². The Kier molecular flexibility index (Phi) is 10.9. The van der Waals surface area contributed by atoms with E-state index in [-0.39, 0.29) is 25.4 Å². The monoisotopic (exact) mass is 508 g/mol. The van der Waals surface area contributed by atoms with Crippen LogP contribution in [0.25, 0.3) is 0 Å². The Morgan fingerprint density at radius 1 is 0.917 bits per heavy atom. The summed E-state index contributed by atoms with van der Waals surface area (Å²) in [6.07, 6.45) is -4.96. The molecule has 2 aromatic rings. The summed E-state index contributed by atoms with van der Waals surface area (Å²) in [7, 11) is 0. The minimum absolute atomic E-state index is 0.0427. The smallest absolute Gasteiger partial charge is 0.401 e. The Bertz CT molecular complexity index is 984. The van der Waals surface area contributed by atoms with Crippen LogP contribution < -0.4 is 10.6 Å². The lowest BCUT2D eigenvalue weighted by Crippen LogP contribution is -2.52. The molecule has 0 radical (unpaired) electrons. The zero-order chi connectivity index (χ0) is 26.7. The number of esters is 1. The lowest BCUT2D eigenvalue weighted by atomic mass is 10.0. The first kappa shape index (κ1) is 28.8. The Hall–Kier alpha value is -3.40. The van der Waals surface area contributed by atoms with E-state index in [9.17, 15) is 32.7 Å². The van der Waals surface area contributed by atoms with Gasteiger partial charge in [0.25, 0.3) is 0 Å². The number of nitrogens with one attached hydrogen (secondary N) is 2. The molecule has 196 valence electrons. The molecule has 1 amide bonds. The van der Waals surface area contributed by atoms with Crippen molar-refractivity contribution in [3.05, 3.63) is 71.8 Å². The number of hydrogen-bond donors (Lipinski definition) is 3. The van der Waals surface area contributed by atoms with Crippen LogP contribution in [-0.4, -0.2) is 47.8 Å².